The van der Waals surface area contributed by atoms with E-state index in [2.05, 4.69) is 0 Å². The van der Waals surface area contributed by atoms with Crippen LogP contribution in [0, 0.1) is 21.7 Å². The molecule has 1 aromatic rings. The van der Waals surface area contributed by atoms with Crippen LogP contribution in [0.4, 0.5) is 20.2 Å². The van der Waals surface area contributed by atoms with Gasteiger partial charge in [-0.05, 0) is 6.92 Å². The van der Waals surface area contributed by atoms with Crippen LogP contribution in [0.2, 0.25) is 0 Å². The summed E-state index contributed by atoms with van der Waals surface area (Å²) in [5, 5.41) is 10.7. The predicted octanol–water partition coefficient (Wildman–Crippen LogP) is 1.51. The van der Waals surface area contributed by atoms with Gasteiger partial charge in [-0.15, -0.1) is 0 Å². The number of hydrogen-bond acceptors (Lipinski definition) is 4. The van der Waals surface area contributed by atoms with E-state index in [1.807, 2.05) is 0 Å². The van der Waals surface area contributed by atoms with Gasteiger partial charge in [0.15, 0.2) is 0 Å². The molecule has 0 amide bonds. The van der Waals surface area contributed by atoms with Gasteiger partial charge in [0, 0.05) is 18.7 Å². The number of nitro benzene ring substituents is 1. The first kappa shape index (κ1) is 13.1. The maximum absolute atomic E-state index is 13.3. The van der Waals surface area contributed by atoms with E-state index >= 15 is 0 Å². The van der Waals surface area contributed by atoms with Crippen LogP contribution in [0.1, 0.15) is 6.92 Å². The zero-order valence-electron chi connectivity index (χ0n) is 8.89. The monoisotopic (exact) mass is 241 g/mol. The van der Waals surface area contributed by atoms with Crippen molar-refractivity contribution in [1.29, 1.82) is 0 Å². The average Bonchev–Trinajstić information content (AvgIpc) is 2.23. The van der Waals surface area contributed by atoms with Crippen LogP contribution in [-0.4, -0.2) is 25.1 Å². The van der Waals surface area contributed by atoms with Gasteiger partial charge >= 0.3 is 13.1 Å². The van der Waals surface area contributed by atoms with Crippen molar-refractivity contribution in [2.45, 2.75) is 6.92 Å². The third kappa shape index (κ3) is 2.77. The second-order valence-corrected chi connectivity index (χ2v) is 3.08. The molecule has 0 fully saturated rings. The lowest BCUT2D eigenvalue weighted by Crippen LogP contribution is -2.29. The molecule has 0 atom stereocenters. The van der Waals surface area contributed by atoms with Crippen molar-refractivity contribution in [2.24, 2.45) is 0 Å². The van der Waals surface area contributed by atoms with Gasteiger partial charge in [-0.25, -0.2) is 4.39 Å². The van der Waals surface area contributed by atoms with Crippen LogP contribution < -0.4 is 4.81 Å². The Labute approximate surface area is 96.4 Å². The Hall–Kier alpha value is -1.99. The molecule has 0 bridgehead atoms. The molecule has 0 aromatic heterocycles. The van der Waals surface area contributed by atoms with E-state index in [4.69, 9.17) is 0 Å². The topological polar surface area (TPSA) is 63.5 Å². The quantitative estimate of drug-likeness (QED) is 0.339. The van der Waals surface area contributed by atoms with Gasteiger partial charge in [0.1, 0.15) is 17.7 Å². The summed E-state index contributed by atoms with van der Waals surface area (Å²) in [4.78, 5) is 21.2. The number of hydrogen-bond donors (Lipinski definition) is 0. The first-order valence-corrected chi connectivity index (χ1v) is 4.70. The summed E-state index contributed by atoms with van der Waals surface area (Å²) in [5.74, 6) is -2.22. The van der Waals surface area contributed by atoms with Crippen molar-refractivity contribution < 1.29 is 18.5 Å². The van der Waals surface area contributed by atoms with Crippen LogP contribution in [-0.2, 0) is 4.79 Å². The molecular formula is C9H8BF2N2O3. The van der Waals surface area contributed by atoms with Crippen molar-refractivity contribution in [3.8, 4) is 0 Å². The lowest BCUT2D eigenvalue weighted by atomic mass is 9.93. The van der Waals surface area contributed by atoms with Crippen molar-refractivity contribution in [3.63, 3.8) is 0 Å². The molecule has 0 aliphatic rings. The summed E-state index contributed by atoms with van der Waals surface area (Å²) >= 11 is 0. The highest BCUT2D eigenvalue weighted by Gasteiger charge is 2.25. The molecular weight excluding hydrogens is 233 g/mol. The largest absolute Gasteiger partial charge is 0.407 e. The summed E-state index contributed by atoms with van der Waals surface area (Å²) in [6.45, 7) is 1.76. The molecule has 89 valence electrons. The van der Waals surface area contributed by atoms with Gasteiger partial charge < -0.3 is 9.61 Å². The Balaban J connectivity index is 3.37. The maximum Gasteiger partial charge on any atom is 0.329 e. The van der Waals surface area contributed by atoms with Crippen LogP contribution >= 0.6 is 0 Å². The van der Waals surface area contributed by atoms with E-state index in [1.165, 1.54) is 0 Å². The van der Waals surface area contributed by atoms with Crippen molar-refractivity contribution >= 4 is 25.0 Å². The lowest BCUT2D eigenvalue weighted by molar-refractivity contribution is -0.386. The van der Waals surface area contributed by atoms with E-state index in [-0.39, 0.29) is 12.2 Å². The summed E-state index contributed by atoms with van der Waals surface area (Å²) in [5.41, 5.74) is -1.14. The first-order chi connectivity index (χ1) is 8.01. The highest BCUT2D eigenvalue weighted by molar-refractivity contribution is 6.70. The number of carbonyl (C=O) groups excluding carboxylic acids is 1. The van der Waals surface area contributed by atoms with E-state index in [1.54, 1.807) is 6.92 Å². The fourth-order valence-corrected chi connectivity index (χ4v) is 1.38. The Morgan fingerprint density at radius 1 is 1.53 bits per heavy atom. The van der Waals surface area contributed by atoms with Crippen LogP contribution in [0.25, 0.3) is 0 Å². The third-order valence-corrected chi connectivity index (χ3v) is 2.08. The molecule has 1 aromatic carbocycles. The number of benzene rings is 1. The fraction of sp³-hybridized carbons (Fsp3) is 0.222. The SMILES string of the molecule is CCN([B]C=O)c1cc(F)cc(F)c1[N+](=O)[O-]. The summed E-state index contributed by atoms with van der Waals surface area (Å²) in [6, 6.07) is 1.24. The minimum atomic E-state index is -1.28. The molecule has 17 heavy (non-hydrogen) atoms. The van der Waals surface area contributed by atoms with Crippen LogP contribution in [0.5, 0.6) is 0 Å². The third-order valence-electron chi connectivity index (χ3n) is 2.08. The molecule has 0 saturated heterocycles. The number of rotatable bonds is 5. The van der Waals surface area contributed by atoms with E-state index in [0.29, 0.717) is 12.3 Å². The second kappa shape index (κ2) is 5.38. The minimum absolute atomic E-state index is 0.169. The number of anilines is 1. The van der Waals surface area contributed by atoms with Gasteiger partial charge in [-0.3, -0.25) is 10.1 Å². The predicted molar refractivity (Wildman–Crippen MR) is 58.5 cm³/mol. The maximum atomic E-state index is 13.3. The molecule has 0 unspecified atom stereocenters. The number of nitro groups is 1. The zero-order chi connectivity index (χ0) is 13.0. The molecule has 0 N–H and O–H groups in total. The molecule has 1 rings (SSSR count). The fourth-order valence-electron chi connectivity index (χ4n) is 1.38. The Bertz CT molecular complexity index is 456. The highest BCUT2D eigenvalue weighted by Crippen LogP contribution is 2.31. The smallest absolute Gasteiger partial charge is 0.329 e. The van der Waals surface area contributed by atoms with Gasteiger partial charge in [-0.1, -0.05) is 0 Å². The van der Waals surface area contributed by atoms with Crippen LogP contribution in [0.3, 0.4) is 0 Å². The Morgan fingerprint density at radius 2 is 2.18 bits per heavy atom. The Morgan fingerprint density at radius 3 is 2.65 bits per heavy atom. The number of carbonyl (C=O) groups is 1. The zero-order valence-corrected chi connectivity index (χ0v) is 8.89. The van der Waals surface area contributed by atoms with Gasteiger partial charge in [-0.2, -0.15) is 4.39 Å². The molecule has 0 aliphatic heterocycles. The van der Waals surface area contributed by atoms with Gasteiger partial charge in [0.25, 0.3) is 0 Å². The molecule has 0 spiro atoms. The summed E-state index contributed by atoms with van der Waals surface area (Å²) < 4.78 is 26.3. The molecule has 0 aliphatic carbocycles. The standard InChI is InChI=1S/C9H8BF2N2O3/c1-2-13(10-5-15)8-4-6(11)3-7(12)9(8)14(16)17/h3-5H,2H2,1H3. The van der Waals surface area contributed by atoms with Crippen molar-refractivity contribution in [2.75, 3.05) is 11.4 Å². The van der Waals surface area contributed by atoms with Gasteiger partial charge in [0.2, 0.25) is 5.82 Å². The second-order valence-electron chi connectivity index (χ2n) is 3.08. The van der Waals surface area contributed by atoms with E-state index in [9.17, 15) is 23.7 Å². The number of nitrogens with zero attached hydrogens (tertiary/aromatic N) is 2. The molecule has 8 heteroatoms. The normalized spacial score (nSPS) is 9.82. The van der Waals surface area contributed by atoms with Crippen molar-refractivity contribution in [1.82, 2.24) is 0 Å². The number of halogens is 2. The highest BCUT2D eigenvalue weighted by atomic mass is 19.1. The average molecular weight is 241 g/mol. The first-order valence-electron chi connectivity index (χ1n) is 4.70. The van der Waals surface area contributed by atoms with Crippen LogP contribution in [0.15, 0.2) is 12.1 Å². The summed E-state index contributed by atoms with van der Waals surface area (Å²) in [6.07, 6.45) is 0.385. The minimum Gasteiger partial charge on any atom is -0.407 e. The van der Waals surface area contributed by atoms with E-state index in [0.717, 1.165) is 18.3 Å². The van der Waals surface area contributed by atoms with Crippen molar-refractivity contribution in [3.05, 3.63) is 33.9 Å². The molecule has 0 heterocycles. The lowest BCUT2D eigenvalue weighted by Gasteiger charge is -2.19. The Kier molecular flexibility index (Phi) is 4.14. The summed E-state index contributed by atoms with van der Waals surface area (Å²) in [7, 11) is 0.973. The molecule has 1 radical (unpaired) electrons. The molecule has 5 nitrogen and oxygen atoms in total. The molecule has 0 saturated carbocycles. The van der Waals surface area contributed by atoms with Gasteiger partial charge in [0.05, 0.1) is 4.92 Å². The van der Waals surface area contributed by atoms with E-state index < -0.39 is 22.2 Å².